The van der Waals surface area contributed by atoms with Crippen LogP contribution in [0.4, 0.5) is 0 Å². The van der Waals surface area contributed by atoms with Gasteiger partial charge in [0.05, 0.1) is 18.8 Å². The smallest absolute Gasteiger partial charge is 0.124 e. The van der Waals surface area contributed by atoms with Crippen molar-refractivity contribution in [2.24, 2.45) is 0 Å². The van der Waals surface area contributed by atoms with Gasteiger partial charge in [-0.25, -0.2) is 4.98 Å². The van der Waals surface area contributed by atoms with E-state index in [1.54, 1.807) is 7.11 Å². The summed E-state index contributed by atoms with van der Waals surface area (Å²) in [5, 5.41) is 3.59. The first-order chi connectivity index (χ1) is 10.3. The predicted octanol–water partition coefficient (Wildman–Crippen LogP) is 3.60. The molecule has 1 fully saturated rings. The van der Waals surface area contributed by atoms with Gasteiger partial charge < -0.3 is 15.0 Å². The zero-order valence-corrected chi connectivity index (χ0v) is 12.8. The van der Waals surface area contributed by atoms with Gasteiger partial charge in [-0.15, -0.1) is 0 Å². The summed E-state index contributed by atoms with van der Waals surface area (Å²) in [5.74, 6) is 1.94. The van der Waals surface area contributed by atoms with Gasteiger partial charge in [-0.2, -0.15) is 0 Å². The molecule has 4 heteroatoms. The highest BCUT2D eigenvalue weighted by atomic mass is 16.5. The van der Waals surface area contributed by atoms with Crippen molar-refractivity contribution in [3.8, 4) is 17.0 Å². The maximum absolute atomic E-state index is 5.21. The molecule has 1 aliphatic rings. The van der Waals surface area contributed by atoms with Gasteiger partial charge in [0, 0.05) is 11.3 Å². The van der Waals surface area contributed by atoms with E-state index < -0.39 is 0 Å². The number of nitrogens with one attached hydrogen (secondary N) is 2. The lowest BCUT2D eigenvalue weighted by Crippen LogP contribution is -2.21. The summed E-state index contributed by atoms with van der Waals surface area (Å²) in [4.78, 5) is 8.31. The maximum Gasteiger partial charge on any atom is 0.124 e. The first-order valence-electron chi connectivity index (χ1n) is 7.72. The van der Waals surface area contributed by atoms with Crippen LogP contribution in [0.1, 0.15) is 43.2 Å². The van der Waals surface area contributed by atoms with Gasteiger partial charge in [0.25, 0.3) is 0 Å². The Labute approximate surface area is 125 Å². The third kappa shape index (κ3) is 3.10. The van der Waals surface area contributed by atoms with Crippen LogP contribution in [0.3, 0.4) is 0 Å². The van der Waals surface area contributed by atoms with Gasteiger partial charge in [0.15, 0.2) is 0 Å². The fraction of sp³-hybridized carbons (Fsp3) is 0.471. The van der Waals surface area contributed by atoms with Gasteiger partial charge in [-0.1, -0.05) is 12.8 Å². The zero-order valence-electron chi connectivity index (χ0n) is 12.8. The summed E-state index contributed by atoms with van der Waals surface area (Å²) in [6, 6.07) is 8.44. The molecule has 0 amide bonds. The maximum atomic E-state index is 5.21. The highest BCUT2D eigenvalue weighted by Crippen LogP contribution is 2.27. The van der Waals surface area contributed by atoms with Crippen LogP contribution in [-0.4, -0.2) is 23.6 Å². The molecular formula is C17H23N3O. The molecule has 0 spiro atoms. The van der Waals surface area contributed by atoms with E-state index in [1.807, 2.05) is 12.1 Å². The molecule has 0 bridgehead atoms. The third-order valence-electron chi connectivity index (χ3n) is 4.16. The monoisotopic (exact) mass is 285 g/mol. The number of imidazole rings is 1. The summed E-state index contributed by atoms with van der Waals surface area (Å²) in [6.07, 6.45) is 5.01. The minimum Gasteiger partial charge on any atom is -0.497 e. The van der Waals surface area contributed by atoms with Crippen molar-refractivity contribution in [3.63, 3.8) is 0 Å². The molecule has 0 saturated carbocycles. The number of benzene rings is 1. The average Bonchev–Trinajstić information content (AvgIpc) is 2.74. The number of rotatable bonds is 3. The van der Waals surface area contributed by atoms with Crippen LogP contribution in [0, 0.1) is 6.92 Å². The van der Waals surface area contributed by atoms with E-state index in [4.69, 9.17) is 9.72 Å². The molecule has 21 heavy (non-hydrogen) atoms. The summed E-state index contributed by atoms with van der Waals surface area (Å²) < 4.78 is 5.21. The van der Waals surface area contributed by atoms with Crippen LogP contribution < -0.4 is 10.1 Å². The van der Waals surface area contributed by atoms with E-state index >= 15 is 0 Å². The van der Waals surface area contributed by atoms with Crippen molar-refractivity contribution in [1.29, 1.82) is 0 Å². The van der Waals surface area contributed by atoms with E-state index in [0.29, 0.717) is 6.04 Å². The molecule has 1 atom stereocenters. The van der Waals surface area contributed by atoms with Crippen molar-refractivity contribution in [2.75, 3.05) is 13.7 Å². The number of hydrogen-bond acceptors (Lipinski definition) is 3. The molecule has 0 radical (unpaired) electrons. The van der Waals surface area contributed by atoms with E-state index in [1.165, 1.54) is 19.3 Å². The Bertz CT molecular complexity index is 581. The molecule has 1 aliphatic heterocycles. The first-order valence-corrected chi connectivity index (χ1v) is 7.72. The number of hydrogen-bond donors (Lipinski definition) is 2. The lowest BCUT2D eigenvalue weighted by atomic mass is 10.1. The van der Waals surface area contributed by atoms with E-state index in [-0.39, 0.29) is 0 Å². The minimum atomic E-state index is 0.359. The number of methoxy groups -OCH3 is 1. The van der Waals surface area contributed by atoms with Crippen molar-refractivity contribution >= 4 is 0 Å². The number of nitrogens with zero attached hydrogens (tertiary/aromatic N) is 1. The standard InChI is InChI=1S/C17H23N3O/c1-12-16(13-7-9-14(21-2)10-8-13)20-17(19-12)15-6-4-3-5-11-18-15/h7-10,15,18H,3-6,11H2,1-2H3,(H,19,20). The second-order valence-corrected chi connectivity index (χ2v) is 5.68. The zero-order chi connectivity index (χ0) is 14.7. The third-order valence-corrected chi connectivity index (χ3v) is 4.16. The fourth-order valence-corrected chi connectivity index (χ4v) is 2.94. The SMILES string of the molecule is COc1ccc(-c2nc(C3CCCCCN3)[nH]c2C)cc1. The average molecular weight is 285 g/mol. The van der Waals surface area contributed by atoms with Crippen molar-refractivity contribution in [1.82, 2.24) is 15.3 Å². The molecule has 2 N–H and O–H groups in total. The molecule has 1 aromatic carbocycles. The van der Waals surface area contributed by atoms with Gasteiger partial charge >= 0.3 is 0 Å². The van der Waals surface area contributed by atoms with Gasteiger partial charge in [-0.3, -0.25) is 0 Å². The van der Waals surface area contributed by atoms with Crippen LogP contribution in [0.5, 0.6) is 5.75 Å². The molecule has 1 saturated heterocycles. The summed E-state index contributed by atoms with van der Waals surface area (Å²) >= 11 is 0. The Hall–Kier alpha value is -1.81. The Morgan fingerprint density at radius 1 is 1.14 bits per heavy atom. The lowest BCUT2D eigenvalue weighted by Gasteiger charge is -2.12. The predicted molar refractivity (Wildman–Crippen MR) is 84.5 cm³/mol. The molecule has 112 valence electrons. The lowest BCUT2D eigenvalue weighted by molar-refractivity contribution is 0.415. The normalized spacial score (nSPS) is 19.2. The molecular weight excluding hydrogens is 262 g/mol. The number of H-pyrrole nitrogens is 1. The van der Waals surface area contributed by atoms with E-state index in [0.717, 1.165) is 41.5 Å². The molecule has 4 nitrogen and oxygen atoms in total. The second-order valence-electron chi connectivity index (χ2n) is 5.68. The first kappa shape index (κ1) is 14.1. The van der Waals surface area contributed by atoms with Crippen molar-refractivity contribution < 1.29 is 4.74 Å². The quantitative estimate of drug-likeness (QED) is 0.906. The van der Waals surface area contributed by atoms with Crippen LogP contribution in [0.2, 0.25) is 0 Å². The van der Waals surface area contributed by atoms with Gasteiger partial charge in [-0.05, 0) is 50.6 Å². The summed E-state index contributed by atoms with van der Waals surface area (Å²) in [7, 11) is 1.69. The van der Waals surface area contributed by atoms with E-state index in [2.05, 4.69) is 29.4 Å². The van der Waals surface area contributed by atoms with Crippen LogP contribution in [0.25, 0.3) is 11.3 Å². The molecule has 2 heterocycles. The van der Waals surface area contributed by atoms with E-state index in [9.17, 15) is 0 Å². The molecule has 1 aromatic heterocycles. The molecule has 1 unspecified atom stereocenters. The Kier molecular flexibility index (Phi) is 4.25. The summed E-state index contributed by atoms with van der Waals surface area (Å²) in [5.41, 5.74) is 3.30. The number of aromatic nitrogens is 2. The van der Waals surface area contributed by atoms with Crippen LogP contribution >= 0.6 is 0 Å². The minimum absolute atomic E-state index is 0.359. The van der Waals surface area contributed by atoms with Crippen molar-refractivity contribution in [3.05, 3.63) is 35.8 Å². The number of aryl methyl sites for hydroxylation is 1. The Morgan fingerprint density at radius 3 is 2.71 bits per heavy atom. The Morgan fingerprint density at radius 2 is 1.95 bits per heavy atom. The largest absolute Gasteiger partial charge is 0.497 e. The topological polar surface area (TPSA) is 49.9 Å². The highest BCUT2D eigenvalue weighted by Gasteiger charge is 2.18. The van der Waals surface area contributed by atoms with Crippen LogP contribution in [0.15, 0.2) is 24.3 Å². The van der Waals surface area contributed by atoms with Crippen LogP contribution in [-0.2, 0) is 0 Å². The highest BCUT2D eigenvalue weighted by molar-refractivity contribution is 5.62. The molecule has 0 aliphatic carbocycles. The molecule has 2 aromatic rings. The fourth-order valence-electron chi connectivity index (χ4n) is 2.94. The van der Waals surface area contributed by atoms with Gasteiger partial charge in [0.2, 0.25) is 0 Å². The van der Waals surface area contributed by atoms with Crippen molar-refractivity contribution in [2.45, 2.75) is 38.6 Å². The number of aromatic amines is 1. The Balaban J connectivity index is 1.85. The second kappa shape index (κ2) is 6.31. The van der Waals surface area contributed by atoms with Gasteiger partial charge in [0.1, 0.15) is 11.6 Å². The number of ether oxygens (including phenoxy) is 1. The summed E-state index contributed by atoms with van der Waals surface area (Å²) in [6.45, 7) is 3.18. The molecule has 3 rings (SSSR count).